The first kappa shape index (κ1) is 36.6. The Labute approximate surface area is 292 Å². The fourth-order valence-electron chi connectivity index (χ4n) is 6.12. The van der Waals surface area contributed by atoms with Crippen LogP contribution in [0.25, 0.3) is 22.3 Å². The lowest BCUT2D eigenvalue weighted by Gasteiger charge is -2.29. The third-order valence-corrected chi connectivity index (χ3v) is 11.1. The highest BCUT2D eigenvalue weighted by molar-refractivity contribution is 7.48. The average Bonchev–Trinajstić information content (AvgIpc) is 3.84. The molecule has 0 amide bonds. The summed E-state index contributed by atoms with van der Waals surface area (Å²) in [6, 6.07) is -1.12. The Kier molecular flexibility index (Phi) is 9.54. The normalized spacial score (nSPS) is 34.4. The molecule has 0 bridgehead atoms. The van der Waals surface area contributed by atoms with Crippen LogP contribution < -0.4 is 11.5 Å². The first-order valence-corrected chi connectivity index (χ1v) is 18.7. The number of nitrogens with zero attached hydrogens (tertiary/aromatic N) is 8. The van der Waals surface area contributed by atoms with Gasteiger partial charge < -0.3 is 30.4 Å². The first-order chi connectivity index (χ1) is 24.6. The molecule has 3 fully saturated rings. The van der Waals surface area contributed by atoms with Gasteiger partial charge in [-0.1, -0.05) is 0 Å². The van der Waals surface area contributed by atoms with Gasteiger partial charge in [-0.25, -0.2) is 52.3 Å². The van der Waals surface area contributed by atoms with Crippen molar-refractivity contribution in [3.8, 4) is 0 Å². The van der Waals surface area contributed by atoms with Crippen molar-refractivity contribution in [1.82, 2.24) is 39.0 Å². The lowest BCUT2D eigenvalue weighted by Crippen LogP contribution is -2.36. The van der Waals surface area contributed by atoms with Crippen LogP contribution in [0.2, 0.25) is 0 Å². The van der Waals surface area contributed by atoms with Gasteiger partial charge in [0.1, 0.15) is 48.2 Å². The van der Waals surface area contributed by atoms with Crippen LogP contribution in [0.4, 0.5) is 20.4 Å². The number of carbonyl (C=O) groups is 1. The third kappa shape index (κ3) is 6.88. The second-order valence-corrected chi connectivity index (χ2v) is 16.3. The minimum atomic E-state index is -5.11. The molecule has 3 aliphatic rings. The molecule has 0 spiro atoms. The molecule has 21 nitrogen and oxygen atoms in total. The molecule has 2 saturated heterocycles. The highest BCUT2D eigenvalue weighted by Gasteiger charge is 2.55. The lowest BCUT2D eigenvalue weighted by molar-refractivity contribution is -0.161. The van der Waals surface area contributed by atoms with E-state index in [9.17, 15) is 18.8 Å². The largest absolute Gasteiger partial charge is 0.478 e. The van der Waals surface area contributed by atoms with Gasteiger partial charge in [-0.3, -0.25) is 27.5 Å². The molecule has 52 heavy (non-hydrogen) atoms. The number of nitrogen functional groups attached to an aromatic ring is 2. The summed E-state index contributed by atoms with van der Waals surface area (Å²) in [7, 11) is -10.1. The van der Waals surface area contributed by atoms with Crippen LogP contribution in [0, 0.1) is 11.3 Å². The van der Waals surface area contributed by atoms with E-state index in [0.29, 0.717) is 0 Å². The lowest BCUT2D eigenvalue weighted by atomic mass is 9.98. The molecule has 2 unspecified atom stereocenters. The molecule has 5 N–H and O–H groups in total. The molecule has 0 radical (unpaired) electrons. The quantitative estimate of drug-likeness (QED) is 0.149. The second kappa shape index (κ2) is 13.6. The first-order valence-electron chi connectivity index (χ1n) is 15.8. The number of aromatic nitrogens is 8. The summed E-state index contributed by atoms with van der Waals surface area (Å²) in [6.45, 7) is 2.19. The third-order valence-electron chi connectivity index (χ3n) is 8.73. The molecule has 1 saturated carbocycles. The van der Waals surface area contributed by atoms with Crippen LogP contribution in [0.5, 0.6) is 0 Å². The molecule has 4 aromatic rings. The maximum Gasteiger partial charge on any atom is 0.478 e. The summed E-state index contributed by atoms with van der Waals surface area (Å²) in [4.78, 5) is 47.4. The molecule has 0 aromatic carbocycles. The summed E-state index contributed by atoms with van der Waals surface area (Å²) in [5.74, 6) is -1.82. The number of hydrogen-bond donors (Lipinski definition) is 3. The number of alkyl halides is 2. The molecule has 10 atom stereocenters. The van der Waals surface area contributed by atoms with E-state index in [1.54, 1.807) is 20.8 Å². The topological polar surface area (TPSA) is 275 Å². The highest BCUT2D eigenvalue weighted by Crippen LogP contribution is 2.58. The van der Waals surface area contributed by atoms with Gasteiger partial charge >= 0.3 is 21.6 Å². The number of nitrogens with two attached hydrogens (primary N) is 2. The molecule has 25 heteroatoms. The monoisotopic (exact) mass is 774 g/mol. The van der Waals surface area contributed by atoms with Crippen LogP contribution in [-0.2, 0) is 46.0 Å². The standard InChI is InChI=1S/C27H34F2N10O11P2/c1-27(2,3)26(40)44-11-47-52(43)46-6-14-20(16(29)25(48-14)39-10-37-18-22(31)33-8-35-24(18)39)49-51(41,42)45-5-12-4-13(15(28)19(12)50-52)38-9-36-17-21(30)32-7-34-23(17)38/h7-10,12-16,19-20,25H,4-6,11H2,1-3H3,(H,41,42)(H2,30,32,34)(H2,31,33,35)/t12-,13-,14-,15-,16+,19+,20+,25-,52?/m1/s1. The number of ether oxygens (including phenoxy) is 2. The number of anilines is 2. The van der Waals surface area contributed by atoms with Gasteiger partial charge in [0.25, 0.3) is 0 Å². The van der Waals surface area contributed by atoms with Gasteiger partial charge in [-0.2, -0.15) is 0 Å². The van der Waals surface area contributed by atoms with Crippen LogP contribution in [-0.4, -0.2) is 101 Å². The zero-order valence-electron chi connectivity index (χ0n) is 27.7. The van der Waals surface area contributed by atoms with Gasteiger partial charge in [0, 0.05) is 5.92 Å². The van der Waals surface area contributed by atoms with Crippen molar-refractivity contribution in [3.05, 3.63) is 25.3 Å². The summed E-state index contributed by atoms with van der Waals surface area (Å²) < 4.78 is 101. The predicted molar refractivity (Wildman–Crippen MR) is 171 cm³/mol. The number of carbonyl (C=O) groups excluding carboxylic acids is 1. The van der Waals surface area contributed by atoms with Crippen molar-refractivity contribution < 1.29 is 59.7 Å². The van der Waals surface area contributed by atoms with E-state index in [2.05, 4.69) is 29.9 Å². The Morgan fingerprint density at radius 2 is 1.56 bits per heavy atom. The van der Waals surface area contributed by atoms with Gasteiger partial charge in [0.2, 0.25) is 6.79 Å². The molecular weight excluding hydrogens is 740 g/mol. The number of halogens is 2. The molecule has 2 aliphatic heterocycles. The molecule has 7 rings (SSSR count). The van der Waals surface area contributed by atoms with Crippen molar-refractivity contribution in [2.75, 3.05) is 31.5 Å². The Balaban J connectivity index is 1.20. The van der Waals surface area contributed by atoms with Gasteiger partial charge in [-0.15, -0.1) is 0 Å². The summed E-state index contributed by atoms with van der Waals surface area (Å²) in [6.07, 6.45) is -6.39. The van der Waals surface area contributed by atoms with E-state index in [1.807, 2.05) is 0 Å². The Morgan fingerprint density at radius 3 is 2.21 bits per heavy atom. The zero-order valence-corrected chi connectivity index (χ0v) is 29.5. The minimum Gasteiger partial charge on any atom is -0.437 e. The van der Waals surface area contributed by atoms with Crippen LogP contribution in [0.1, 0.15) is 39.5 Å². The van der Waals surface area contributed by atoms with Crippen LogP contribution in [0.15, 0.2) is 25.3 Å². The summed E-state index contributed by atoms with van der Waals surface area (Å²) in [5.41, 5.74) is 11.3. The number of hydrogen-bond acceptors (Lipinski definition) is 18. The van der Waals surface area contributed by atoms with Crippen LogP contribution >= 0.6 is 15.6 Å². The molecule has 1 aliphatic carbocycles. The van der Waals surface area contributed by atoms with Crippen molar-refractivity contribution in [2.45, 2.75) is 70.1 Å². The zero-order chi connectivity index (χ0) is 37.2. The maximum absolute atomic E-state index is 16.5. The Hall–Kier alpha value is -3.79. The average molecular weight is 775 g/mol. The van der Waals surface area contributed by atoms with E-state index >= 15 is 8.78 Å². The predicted octanol–water partition coefficient (Wildman–Crippen LogP) is 2.55. The fourth-order valence-corrected chi connectivity index (χ4v) is 8.42. The van der Waals surface area contributed by atoms with Gasteiger partial charge in [0.05, 0.1) is 37.3 Å². The van der Waals surface area contributed by atoms with Gasteiger partial charge in [0.15, 0.2) is 35.3 Å². The van der Waals surface area contributed by atoms with E-state index in [-0.39, 0.29) is 40.4 Å². The molecule has 4 aromatic heterocycles. The number of imidazole rings is 2. The SMILES string of the molecule is CC(C)(C)C(=O)OCOP1(=O)OC[C@H]2O[C@@H](n3cnc4c(N)ncnc43)[C@@H](F)[C@H]2OP(=O)(O)OC[C@H]2C[C@@H](n3cnc4c(N)ncnc43)[C@@H](F)[C@H]2O1. The number of phosphoric acid groups is 2. The second-order valence-electron chi connectivity index (χ2n) is 13.3. The van der Waals surface area contributed by atoms with Crippen molar-refractivity contribution in [1.29, 1.82) is 0 Å². The molecular formula is C27H34F2N10O11P2. The summed E-state index contributed by atoms with van der Waals surface area (Å²) >= 11 is 0. The van der Waals surface area contributed by atoms with E-state index in [4.69, 9.17) is 43.6 Å². The maximum atomic E-state index is 16.5. The number of rotatable bonds is 5. The fraction of sp³-hybridized carbons (Fsp3) is 0.593. The van der Waals surface area contributed by atoms with E-state index in [0.717, 1.165) is 17.2 Å². The number of phosphoric ester groups is 2. The van der Waals surface area contributed by atoms with E-state index in [1.165, 1.54) is 17.2 Å². The van der Waals surface area contributed by atoms with Crippen molar-refractivity contribution in [3.63, 3.8) is 0 Å². The number of fused-ring (bicyclic) bond motifs is 4. The molecule has 6 heterocycles. The molecule has 282 valence electrons. The van der Waals surface area contributed by atoms with Crippen molar-refractivity contribution in [2.24, 2.45) is 11.3 Å². The summed E-state index contributed by atoms with van der Waals surface area (Å²) in [5, 5.41) is 0. The van der Waals surface area contributed by atoms with Crippen LogP contribution in [0.3, 0.4) is 0 Å². The van der Waals surface area contributed by atoms with Gasteiger partial charge in [-0.05, 0) is 27.2 Å². The number of esters is 1. The highest BCUT2D eigenvalue weighted by atomic mass is 31.2. The van der Waals surface area contributed by atoms with E-state index < -0.39 is 95.9 Å². The minimum absolute atomic E-state index is 0.00327. The van der Waals surface area contributed by atoms with Crippen molar-refractivity contribution >= 4 is 55.6 Å². The Bertz CT molecular complexity index is 2080. The Morgan fingerprint density at radius 1 is 0.923 bits per heavy atom. The smallest absolute Gasteiger partial charge is 0.437 e.